The van der Waals surface area contributed by atoms with Crippen LogP contribution in [0.1, 0.15) is 31.7 Å². The highest BCUT2D eigenvalue weighted by molar-refractivity contribution is 5.90. The van der Waals surface area contributed by atoms with Gasteiger partial charge in [0.25, 0.3) is 0 Å². The van der Waals surface area contributed by atoms with Gasteiger partial charge in [0.1, 0.15) is 5.82 Å². The Balaban J connectivity index is 2.31. The van der Waals surface area contributed by atoms with Crippen molar-refractivity contribution in [1.82, 2.24) is 5.32 Å². The summed E-state index contributed by atoms with van der Waals surface area (Å²) in [4.78, 5) is 22.1. The first-order chi connectivity index (χ1) is 9.88. The van der Waals surface area contributed by atoms with E-state index in [1.54, 1.807) is 13.0 Å². The molecule has 0 spiro atoms. The molecule has 1 aromatic carbocycles. The minimum atomic E-state index is -0.811. The van der Waals surface area contributed by atoms with Crippen LogP contribution in [0, 0.1) is 18.7 Å². The topological polar surface area (TPSA) is 78.4 Å². The number of carboxylic acid groups (broad SMARTS) is 1. The van der Waals surface area contributed by atoms with Gasteiger partial charge >= 0.3 is 12.0 Å². The number of nitrogens with one attached hydrogen (secondary N) is 2. The number of halogens is 1. The number of anilines is 1. The van der Waals surface area contributed by atoms with E-state index in [9.17, 15) is 14.0 Å². The van der Waals surface area contributed by atoms with Crippen LogP contribution in [-0.4, -0.2) is 23.7 Å². The van der Waals surface area contributed by atoms with Gasteiger partial charge in [-0.2, -0.15) is 0 Å². The number of benzene rings is 1. The Morgan fingerprint density at radius 2 is 2.05 bits per heavy atom. The lowest BCUT2D eigenvalue weighted by Crippen LogP contribution is -2.30. The maximum Gasteiger partial charge on any atom is 0.319 e. The summed E-state index contributed by atoms with van der Waals surface area (Å²) in [6.07, 6.45) is 1.42. The van der Waals surface area contributed by atoms with Gasteiger partial charge in [-0.3, -0.25) is 4.79 Å². The van der Waals surface area contributed by atoms with Crippen molar-refractivity contribution in [2.24, 2.45) is 5.92 Å². The summed E-state index contributed by atoms with van der Waals surface area (Å²) in [5, 5.41) is 13.8. The third-order valence-corrected chi connectivity index (χ3v) is 3.22. The minimum Gasteiger partial charge on any atom is -0.481 e. The van der Waals surface area contributed by atoms with Crippen molar-refractivity contribution < 1.29 is 19.1 Å². The fourth-order valence-corrected chi connectivity index (χ4v) is 1.84. The third kappa shape index (κ3) is 6.74. The van der Waals surface area contributed by atoms with Crippen molar-refractivity contribution in [3.05, 3.63) is 29.6 Å². The molecule has 6 heteroatoms. The SMILES string of the molecule is Cc1ccc(F)cc1NC(=O)NCCC(C)CCC(=O)O. The number of rotatable bonds is 7. The standard InChI is InChI=1S/C15H21FN2O3/c1-10(3-6-14(19)20)7-8-17-15(21)18-13-9-12(16)5-4-11(13)2/h4-5,9-10H,3,6-8H2,1-2H3,(H,19,20)(H2,17,18,21). The smallest absolute Gasteiger partial charge is 0.319 e. The highest BCUT2D eigenvalue weighted by atomic mass is 19.1. The fourth-order valence-electron chi connectivity index (χ4n) is 1.84. The van der Waals surface area contributed by atoms with E-state index in [1.807, 2.05) is 6.92 Å². The van der Waals surface area contributed by atoms with Crippen LogP contribution in [0.5, 0.6) is 0 Å². The van der Waals surface area contributed by atoms with E-state index in [1.165, 1.54) is 12.1 Å². The van der Waals surface area contributed by atoms with Crippen LogP contribution >= 0.6 is 0 Å². The highest BCUT2D eigenvalue weighted by Crippen LogP contribution is 2.15. The van der Waals surface area contributed by atoms with Crippen LogP contribution in [0.15, 0.2) is 18.2 Å². The number of aryl methyl sites for hydroxylation is 1. The molecule has 116 valence electrons. The van der Waals surface area contributed by atoms with Gasteiger partial charge in [0.05, 0.1) is 0 Å². The summed E-state index contributed by atoms with van der Waals surface area (Å²) in [6.45, 7) is 4.17. The first kappa shape index (κ1) is 16.9. The number of carbonyl (C=O) groups is 2. The molecule has 21 heavy (non-hydrogen) atoms. The Hall–Kier alpha value is -2.11. The monoisotopic (exact) mass is 296 g/mol. The average molecular weight is 296 g/mol. The molecular formula is C15H21FN2O3. The van der Waals surface area contributed by atoms with Crippen molar-refractivity contribution >= 4 is 17.7 Å². The Morgan fingerprint density at radius 1 is 1.33 bits per heavy atom. The molecule has 0 aliphatic rings. The molecule has 0 saturated heterocycles. The molecule has 1 rings (SSSR count). The first-order valence-electron chi connectivity index (χ1n) is 6.91. The molecule has 0 heterocycles. The second-order valence-electron chi connectivity index (χ2n) is 5.17. The molecule has 5 nitrogen and oxygen atoms in total. The summed E-state index contributed by atoms with van der Waals surface area (Å²) < 4.78 is 13.1. The number of urea groups is 1. The Morgan fingerprint density at radius 3 is 2.71 bits per heavy atom. The summed E-state index contributed by atoms with van der Waals surface area (Å²) in [5.74, 6) is -0.996. The molecule has 1 unspecified atom stereocenters. The Labute approximate surface area is 123 Å². The first-order valence-corrected chi connectivity index (χ1v) is 6.91. The summed E-state index contributed by atoms with van der Waals surface area (Å²) in [5.41, 5.74) is 1.22. The molecule has 1 atom stereocenters. The van der Waals surface area contributed by atoms with Gasteiger partial charge in [0.2, 0.25) is 0 Å². The van der Waals surface area contributed by atoms with Gasteiger partial charge in [0.15, 0.2) is 0 Å². The quantitative estimate of drug-likeness (QED) is 0.723. The van der Waals surface area contributed by atoms with Gasteiger partial charge < -0.3 is 15.7 Å². The number of carboxylic acids is 1. The second-order valence-corrected chi connectivity index (χ2v) is 5.17. The van der Waals surface area contributed by atoms with Crippen LogP contribution in [0.3, 0.4) is 0 Å². The molecule has 3 N–H and O–H groups in total. The summed E-state index contributed by atoms with van der Waals surface area (Å²) >= 11 is 0. The molecule has 0 aromatic heterocycles. The maximum atomic E-state index is 13.1. The van der Waals surface area contributed by atoms with Gasteiger partial charge in [-0.25, -0.2) is 9.18 Å². The van der Waals surface area contributed by atoms with Crippen molar-refractivity contribution in [2.75, 3.05) is 11.9 Å². The lowest BCUT2D eigenvalue weighted by Gasteiger charge is -2.12. The van der Waals surface area contributed by atoms with Crippen LogP contribution in [0.25, 0.3) is 0 Å². The largest absolute Gasteiger partial charge is 0.481 e. The molecule has 0 fully saturated rings. The lowest BCUT2D eigenvalue weighted by atomic mass is 10.0. The van der Waals surface area contributed by atoms with Gasteiger partial charge in [-0.1, -0.05) is 13.0 Å². The van der Waals surface area contributed by atoms with Crippen LogP contribution < -0.4 is 10.6 Å². The molecular weight excluding hydrogens is 275 g/mol. The summed E-state index contributed by atoms with van der Waals surface area (Å²) in [6, 6.07) is 3.81. The number of hydrogen-bond acceptors (Lipinski definition) is 2. The van der Waals surface area contributed by atoms with E-state index in [4.69, 9.17) is 5.11 Å². The van der Waals surface area contributed by atoms with E-state index in [2.05, 4.69) is 10.6 Å². The molecule has 0 aliphatic heterocycles. The maximum absolute atomic E-state index is 13.1. The average Bonchev–Trinajstić information content (AvgIpc) is 2.40. The van der Waals surface area contributed by atoms with Crippen molar-refractivity contribution in [2.45, 2.75) is 33.1 Å². The zero-order valence-electron chi connectivity index (χ0n) is 12.3. The minimum absolute atomic E-state index is 0.135. The van der Waals surface area contributed by atoms with Crippen LogP contribution in [-0.2, 0) is 4.79 Å². The molecule has 1 aromatic rings. The van der Waals surface area contributed by atoms with E-state index in [-0.39, 0.29) is 12.3 Å². The Kier molecular flexibility index (Phi) is 6.65. The fraction of sp³-hybridized carbons (Fsp3) is 0.467. The predicted molar refractivity (Wildman–Crippen MR) is 78.8 cm³/mol. The third-order valence-electron chi connectivity index (χ3n) is 3.22. The van der Waals surface area contributed by atoms with E-state index < -0.39 is 17.8 Å². The molecule has 0 aliphatic carbocycles. The van der Waals surface area contributed by atoms with Crippen molar-refractivity contribution in [3.8, 4) is 0 Å². The second kappa shape index (κ2) is 8.24. The number of hydrogen-bond donors (Lipinski definition) is 3. The number of amides is 2. The van der Waals surface area contributed by atoms with Gasteiger partial charge in [-0.05, 0) is 43.4 Å². The van der Waals surface area contributed by atoms with Crippen molar-refractivity contribution in [1.29, 1.82) is 0 Å². The van der Waals surface area contributed by atoms with Crippen LogP contribution in [0.4, 0.5) is 14.9 Å². The predicted octanol–water partition coefficient (Wildman–Crippen LogP) is 3.15. The molecule has 0 saturated carbocycles. The zero-order chi connectivity index (χ0) is 15.8. The Bertz CT molecular complexity index is 506. The van der Waals surface area contributed by atoms with Gasteiger partial charge in [-0.15, -0.1) is 0 Å². The lowest BCUT2D eigenvalue weighted by molar-refractivity contribution is -0.137. The molecule has 2 amide bonds. The van der Waals surface area contributed by atoms with Crippen LogP contribution in [0.2, 0.25) is 0 Å². The highest BCUT2D eigenvalue weighted by Gasteiger charge is 2.08. The number of carbonyl (C=O) groups excluding carboxylic acids is 1. The zero-order valence-corrected chi connectivity index (χ0v) is 12.3. The normalized spacial score (nSPS) is 11.8. The van der Waals surface area contributed by atoms with E-state index >= 15 is 0 Å². The molecule has 0 radical (unpaired) electrons. The number of aliphatic carboxylic acids is 1. The summed E-state index contributed by atoms with van der Waals surface area (Å²) in [7, 11) is 0. The van der Waals surface area contributed by atoms with E-state index in [0.717, 1.165) is 5.56 Å². The molecule has 0 bridgehead atoms. The van der Waals surface area contributed by atoms with Gasteiger partial charge in [0, 0.05) is 18.7 Å². The van der Waals surface area contributed by atoms with Crippen molar-refractivity contribution in [3.63, 3.8) is 0 Å². The van der Waals surface area contributed by atoms with E-state index in [0.29, 0.717) is 25.1 Å².